The number of benzene rings is 3. The van der Waals surface area contributed by atoms with Crippen LogP contribution in [0.15, 0.2) is 77.7 Å². The molecule has 3 aromatic carbocycles. The lowest BCUT2D eigenvalue weighted by atomic mass is 10.1. The lowest BCUT2D eigenvalue weighted by Gasteiger charge is -2.17. The highest BCUT2D eigenvalue weighted by Gasteiger charge is 2.23. The summed E-state index contributed by atoms with van der Waals surface area (Å²) < 4.78 is 30.0. The normalized spacial score (nSPS) is 11.0. The molecule has 0 fully saturated rings. The molecule has 3 aromatic rings. The van der Waals surface area contributed by atoms with E-state index in [4.69, 9.17) is 9.88 Å². The molecule has 0 saturated heterocycles. The van der Waals surface area contributed by atoms with Crippen molar-refractivity contribution in [2.45, 2.75) is 11.4 Å². The fourth-order valence-electron chi connectivity index (χ4n) is 2.57. The first-order valence-electron chi connectivity index (χ1n) is 8.29. The number of para-hydroxylation sites is 1. The van der Waals surface area contributed by atoms with Crippen molar-refractivity contribution in [1.82, 2.24) is 0 Å². The molecular weight excluding hydrogens is 380 g/mol. The number of hydrogen-bond acceptors (Lipinski definition) is 5. The van der Waals surface area contributed by atoms with Crippen LogP contribution in [0.5, 0.6) is 11.5 Å². The van der Waals surface area contributed by atoms with E-state index in [1.165, 1.54) is 6.07 Å². The highest BCUT2D eigenvalue weighted by molar-refractivity contribution is 7.89. The molecular formula is C20H18N2O5S. The minimum absolute atomic E-state index is 0.0605. The molecule has 0 aliphatic carbocycles. The molecule has 8 heteroatoms. The van der Waals surface area contributed by atoms with Gasteiger partial charge in [0.2, 0.25) is 10.0 Å². The van der Waals surface area contributed by atoms with Crippen LogP contribution in [0.4, 0.5) is 5.69 Å². The Labute approximate surface area is 162 Å². The molecule has 0 unspecified atom stereocenters. The van der Waals surface area contributed by atoms with Gasteiger partial charge < -0.3 is 15.2 Å². The molecule has 0 aliphatic rings. The molecule has 0 heterocycles. The smallest absolute Gasteiger partial charge is 0.335 e. The van der Waals surface area contributed by atoms with Gasteiger partial charge >= 0.3 is 5.97 Å². The topological polar surface area (TPSA) is 119 Å². The molecule has 0 saturated carbocycles. The van der Waals surface area contributed by atoms with E-state index in [0.29, 0.717) is 12.3 Å². The summed E-state index contributed by atoms with van der Waals surface area (Å²) in [5, 5.41) is 17.7. The van der Waals surface area contributed by atoms with E-state index in [2.05, 4.69) is 5.32 Å². The Morgan fingerprint density at radius 3 is 2.18 bits per heavy atom. The molecule has 4 N–H and O–H groups in total. The number of hydrogen-bond donors (Lipinski definition) is 3. The number of aromatic carboxylic acids is 1. The van der Waals surface area contributed by atoms with Gasteiger partial charge in [-0.15, -0.1) is 0 Å². The van der Waals surface area contributed by atoms with E-state index in [1.807, 2.05) is 30.3 Å². The van der Waals surface area contributed by atoms with Crippen molar-refractivity contribution in [3.8, 4) is 11.5 Å². The second-order valence-electron chi connectivity index (χ2n) is 5.96. The molecule has 0 bridgehead atoms. The standard InChI is InChI=1S/C20H18N2O5S/c21-28(25,26)18-12-15(20(23)24)11-17(22-13-14-7-3-1-4-8-14)19(18)27-16-9-5-2-6-10-16/h1-12,22H,13H2,(H,23,24)(H2,21,25,26). The second kappa shape index (κ2) is 8.12. The number of nitrogens with one attached hydrogen (secondary N) is 1. The second-order valence-corrected chi connectivity index (χ2v) is 7.49. The van der Waals surface area contributed by atoms with E-state index in [-0.39, 0.29) is 17.0 Å². The summed E-state index contributed by atoms with van der Waals surface area (Å²) in [6.07, 6.45) is 0. The van der Waals surface area contributed by atoms with Gasteiger partial charge in [0.15, 0.2) is 5.75 Å². The number of rotatable bonds is 7. The SMILES string of the molecule is NS(=O)(=O)c1cc(C(=O)O)cc(NCc2ccccc2)c1Oc1ccccc1. The van der Waals surface area contributed by atoms with Crippen LogP contribution in [0.25, 0.3) is 0 Å². The number of carboxylic acids is 1. The summed E-state index contributed by atoms with van der Waals surface area (Å²) in [5.74, 6) is -0.952. The van der Waals surface area contributed by atoms with E-state index < -0.39 is 20.9 Å². The third kappa shape index (κ3) is 4.67. The minimum atomic E-state index is -4.24. The van der Waals surface area contributed by atoms with Gasteiger partial charge in [-0.25, -0.2) is 18.4 Å². The fraction of sp³-hybridized carbons (Fsp3) is 0.0500. The van der Waals surface area contributed by atoms with E-state index >= 15 is 0 Å². The van der Waals surface area contributed by atoms with Crippen LogP contribution in [-0.2, 0) is 16.6 Å². The van der Waals surface area contributed by atoms with Crippen LogP contribution in [-0.4, -0.2) is 19.5 Å². The monoisotopic (exact) mass is 398 g/mol. The maximum absolute atomic E-state index is 12.1. The van der Waals surface area contributed by atoms with Crippen molar-refractivity contribution >= 4 is 21.7 Å². The Balaban J connectivity index is 2.10. The maximum atomic E-state index is 12.1. The first-order valence-corrected chi connectivity index (χ1v) is 9.84. The number of anilines is 1. The van der Waals surface area contributed by atoms with Crippen molar-refractivity contribution in [2.24, 2.45) is 5.14 Å². The first kappa shape index (κ1) is 19.4. The van der Waals surface area contributed by atoms with Gasteiger partial charge in [0, 0.05) is 6.54 Å². The largest absolute Gasteiger partial charge is 0.478 e. The minimum Gasteiger partial charge on any atom is -0.478 e. The molecule has 0 amide bonds. The van der Waals surface area contributed by atoms with Gasteiger partial charge in [0.25, 0.3) is 0 Å². The predicted molar refractivity (Wildman–Crippen MR) is 105 cm³/mol. The molecule has 3 rings (SSSR count). The lowest BCUT2D eigenvalue weighted by molar-refractivity contribution is 0.0696. The van der Waals surface area contributed by atoms with E-state index in [9.17, 15) is 18.3 Å². The zero-order valence-corrected chi connectivity index (χ0v) is 15.5. The van der Waals surface area contributed by atoms with Crippen LogP contribution >= 0.6 is 0 Å². The van der Waals surface area contributed by atoms with Crippen LogP contribution in [0.1, 0.15) is 15.9 Å². The van der Waals surface area contributed by atoms with Gasteiger partial charge in [-0.05, 0) is 29.8 Å². The number of primary sulfonamides is 1. The van der Waals surface area contributed by atoms with Gasteiger partial charge in [0.05, 0.1) is 11.3 Å². The summed E-state index contributed by atoms with van der Waals surface area (Å²) in [4.78, 5) is 11.1. The predicted octanol–water partition coefficient (Wildman–Crippen LogP) is 3.44. The van der Waals surface area contributed by atoms with Crippen LogP contribution in [0, 0.1) is 0 Å². The number of carbonyl (C=O) groups is 1. The maximum Gasteiger partial charge on any atom is 0.335 e. The summed E-state index contributed by atoms with van der Waals surface area (Å²) in [6.45, 7) is 0.332. The Morgan fingerprint density at radius 1 is 1.00 bits per heavy atom. The van der Waals surface area contributed by atoms with E-state index in [1.54, 1.807) is 30.3 Å². The zero-order valence-electron chi connectivity index (χ0n) is 14.7. The van der Waals surface area contributed by atoms with Crippen LogP contribution < -0.4 is 15.2 Å². The van der Waals surface area contributed by atoms with Crippen molar-refractivity contribution in [3.05, 3.63) is 83.9 Å². The average Bonchev–Trinajstić information content (AvgIpc) is 2.67. The van der Waals surface area contributed by atoms with Crippen molar-refractivity contribution in [1.29, 1.82) is 0 Å². The first-order chi connectivity index (χ1) is 13.3. The molecule has 0 aromatic heterocycles. The Hall–Kier alpha value is -3.36. The van der Waals surface area contributed by atoms with Crippen molar-refractivity contribution < 1.29 is 23.1 Å². The quantitative estimate of drug-likeness (QED) is 0.561. The highest BCUT2D eigenvalue weighted by atomic mass is 32.2. The van der Waals surface area contributed by atoms with E-state index in [0.717, 1.165) is 11.6 Å². The Kier molecular flexibility index (Phi) is 5.62. The molecule has 144 valence electrons. The molecule has 0 spiro atoms. The molecule has 28 heavy (non-hydrogen) atoms. The molecule has 0 atom stereocenters. The van der Waals surface area contributed by atoms with Gasteiger partial charge in [-0.2, -0.15) is 0 Å². The highest BCUT2D eigenvalue weighted by Crippen LogP contribution is 2.37. The number of sulfonamides is 1. The lowest BCUT2D eigenvalue weighted by Crippen LogP contribution is -2.16. The zero-order chi connectivity index (χ0) is 20.1. The fourth-order valence-corrected chi connectivity index (χ4v) is 3.27. The number of carboxylic acid groups (broad SMARTS) is 1. The molecule has 0 radical (unpaired) electrons. The third-order valence-corrected chi connectivity index (χ3v) is 4.81. The summed E-state index contributed by atoms with van der Waals surface area (Å²) in [6, 6.07) is 20.2. The number of nitrogens with two attached hydrogens (primary N) is 1. The van der Waals surface area contributed by atoms with Crippen LogP contribution in [0.2, 0.25) is 0 Å². The van der Waals surface area contributed by atoms with Gasteiger partial charge in [-0.3, -0.25) is 0 Å². The summed E-state index contributed by atoms with van der Waals surface area (Å²) in [7, 11) is -4.24. The van der Waals surface area contributed by atoms with Gasteiger partial charge in [-0.1, -0.05) is 48.5 Å². The average molecular weight is 398 g/mol. The Bertz CT molecular complexity index is 1080. The van der Waals surface area contributed by atoms with Crippen molar-refractivity contribution in [2.75, 3.05) is 5.32 Å². The molecule has 0 aliphatic heterocycles. The van der Waals surface area contributed by atoms with Crippen LogP contribution in [0.3, 0.4) is 0 Å². The number of ether oxygens (including phenoxy) is 1. The molecule has 7 nitrogen and oxygen atoms in total. The third-order valence-electron chi connectivity index (χ3n) is 3.90. The summed E-state index contributed by atoms with van der Waals surface area (Å²) >= 11 is 0. The summed E-state index contributed by atoms with van der Waals surface area (Å²) in [5.41, 5.74) is 0.905. The Morgan fingerprint density at radius 2 is 1.61 bits per heavy atom. The van der Waals surface area contributed by atoms with Gasteiger partial charge in [0.1, 0.15) is 10.6 Å². The van der Waals surface area contributed by atoms with Crippen molar-refractivity contribution in [3.63, 3.8) is 0 Å².